The number of nitrogens with zero attached hydrogens (tertiary/aromatic N) is 1. The van der Waals surface area contributed by atoms with Crippen LogP contribution in [0, 0.1) is 0 Å². The lowest BCUT2D eigenvalue weighted by molar-refractivity contribution is -0.123. The Morgan fingerprint density at radius 1 is 0.909 bits per heavy atom. The molecule has 1 unspecified atom stereocenters. The number of hydrogen-bond donors (Lipinski definition) is 2. The Morgan fingerprint density at radius 2 is 1.55 bits per heavy atom. The fraction of sp³-hybridized carbons (Fsp3) is 0.296. The highest BCUT2D eigenvalue weighted by Gasteiger charge is 2.19. The minimum absolute atomic E-state index is 0.0722. The minimum Gasteiger partial charge on any atom is -0.494 e. The Balaban J connectivity index is 1.56. The number of ether oxygens (including phenoxy) is 1. The molecule has 0 aliphatic carbocycles. The van der Waals surface area contributed by atoms with Gasteiger partial charge in [0.2, 0.25) is 5.91 Å². The summed E-state index contributed by atoms with van der Waals surface area (Å²) in [5, 5.41) is 7.11. The number of rotatable bonds is 12. The van der Waals surface area contributed by atoms with Crippen molar-refractivity contribution in [3.05, 3.63) is 101 Å². The van der Waals surface area contributed by atoms with Gasteiger partial charge in [-0.3, -0.25) is 10.1 Å². The highest BCUT2D eigenvalue weighted by molar-refractivity contribution is 6.30. The monoisotopic (exact) mass is 465 g/mol. The van der Waals surface area contributed by atoms with Gasteiger partial charge in [-0.15, -0.1) is 0 Å². The van der Waals surface area contributed by atoms with E-state index < -0.39 is 6.04 Å². The Labute approximate surface area is 201 Å². The fourth-order valence-electron chi connectivity index (χ4n) is 3.40. The number of carbonyl (C=O) groups is 1. The van der Waals surface area contributed by atoms with Crippen molar-refractivity contribution in [2.75, 3.05) is 27.2 Å². The van der Waals surface area contributed by atoms with Crippen LogP contribution in [0.2, 0.25) is 5.02 Å². The van der Waals surface area contributed by atoms with Crippen LogP contribution in [0.25, 0.3) is 0 Å². The molecule has 6 heteroatoms. The first-order chi connectivity index (χ1) is 16.0. The van der Waals surface area contributed by atoms with E-state index >= 15 is 0 Å². The molecule has 3 rings (SSSR count). The first-order valence-corrected chi connectivity index (χ1v) is 11.6. The third-order valence-corrected chi connectivity index (χ3v) is 5.48. The second kappa shape index (κ2) is 13.0. The molecule has 1 atom stereocenters. The van der Waals surface area contributed by atoms with E-state index in [-0.39, 0.29) is 5.91 Å². The Kier molecular flexibility index (Phi) is 9.76. The molecule has 3 aromatic carbocycles. The van der Waals surface area contributed by atoms with E-state index in [0.717, 1.165) is 35.4 Å². The van der Waals surface area contributed by atoms with Gasteiger partial charge in [0.1, 0.15) is 11.8 Å². The quantitative estimate of drug-likeness (QED) is 0.376. The molecular formula is C27H32ClN3O2. The molecule has 0 bridgehead atoms. The normalized spacial score (nSPS) is 11.9. The molecule has 0 radical (unpaired) electrons. The van der Waals surface area contributed by atoms with E-state index in [4.69, 9.17) is 16.3 Å². The molecule has 0 saturated heterocycles. The summed E-state index contributed by atoms with van der Waals surface area (Å²) in [6.45, 7) is 2.71. The highest BCUT2D eigenvalue weighted by atomic mass is 35.5. The number of halogens is 1. The van der Waals surface area contributed by atoms with Crippen molar-refractivity contribution < 1.29 is 9.53 Å². The van der Waals surface area contributed by atoms with Gasteiger partial charge in [-0.2, -0.15) is 0 Å². The van der Waals surface area contributed by atoms with Crippen molar-refractivity contribution >= 4 is 17.5 Å². The maximum Gasteiger partial charge on any atom is 0.242 e. The first-order valence-electron chi connectivity index (χ1n) is 11.2. The van der Waals surface area contributed by atoms with E-state index in [0.29, 0.717) is 24.7 Å². The second-order valence-electron chi connectivity index (χ2n) is 8.22. The molecule has 0 aromatic heterocycles. The zero-order valence-corrected chi connectivity index (χ0v) is 20.0. The van der Waals surface area contributed by atoms with Crippen LogP contribution in [0.3, 0.4) is 0 Å². The minimum atomic E-state index is -0.458. The molecule has 0 aliphatic heterocycles. The number of hydrogen-bond acceptors (Lipinski definition) is 4. The summed E-state index contributed by atoms with van der Waals surface area (Å²) in [7, 11) is 4.12. The van der Waals surface area contributed by atoms with Crippen molar-refractivity contribution in [3.63, 3.8) is 0 Å². The fourth-order valence-corrected chi connectivity index (χ4v) is 3.52. The first kappa shape index (κ1) is 24.8. The van der Waals surface area contributed by atoms with Crippen LogP contribution in [-0.4, -0.2) is 38.1 Å². The third-order valence-electron chi connectivity index (χ3n) is 5.23. The largest absolute Gasteiger partial charge is 0.494 e. The van der Waals surface area contributed by atoms with Crippen LogP contribution >= 0.6 is 11.6 Å². The molecular weight excluding hydrogens is 434 g/mol. The summed E-state index contributed by atoms with van der Waals surface area (Å²) in [5.41, 5.74) is 3.01. The summed E-state index contributed by atoms with van der Waals surface area (Å²) < 4.78 is 5.81. The number of carbonyl (C=O) groups excluding carboxylic acids is 1. The maximum absolute atomic E-state index is 13.0. The van der Waals surface area contributed by atoms with Crippen molar-refractivity contribution in [2.45, 2.75) is 25.6 Å². The number of benzene rings is 3. The Hall–Kier alpha value is -2.86. The maximum atomic E-state index is 13.0. The molecule has 3 aromatic rings. The van der Waals surface area contributed by atoms with Crippen molar-refractivity contribution in [1.82, 2.24) is 15.5 Å². The highest BCUT2D eigenvalue weighted by Crippen LogP contribution is 2.17. The summed E-state index contributed by atoms with van der Waals surface area (Å²) in [6, 6.07) is 24.8. The third kappa shape index (κ3) is 8.54. The van der Waals surface area contributed by atoms with Gasteiger partial charge < -0.3 is 15.0 Å². The summed E-state index contributed by atoms with van der Waals surface area (Å²) in [5.74, 6) is 0.787. The predicted octanol–water partition coefficient (Wildman–Crippen LogP) is 4.82. The number of nitrogens with one attached hydrogen (secondary N) is 2. The van der Waals surface area contributed by atoms with Crippen LogP contribution in [0.4, 0.5) is 0 Å². The van der Waals surface area contributed by atoms with E-state index in [1.165, 1.54) is 0 Å². The van der Waals surface area contributed by atoms with Crippen LogP contribution < -0.4 is 15.4 Å². The average Bonchev–Trinajstić information content (AvgIpc) is 2.83. The summed E-state index contributed by atoms with van der Waals surface area (Å²) in [6.07, 6.45) is 0.986. The van der Waals surface area contributed by atoms with Gasteiger partial charge in [-0.1, -0.05) is 66.2 Å². The van der Waals surface area contributed by atoms with Gasteiger partial charge in [0.05, 0.1) is 6.61 Å². The van der Waals surface area contributed by atoms with E-state index in [2.05, 4.69) is 29.6 Å². The van der Waals surface area contributed by atoms with Gasteiger partial charge in [0.15, 0.2) is 0 Å². The van der Waals surface area contributed by atoms with Crippen molar-refractivity contribution in [3.8, 4) is 5.75 Å². The number of amides is 1. The van der Waals surface area contributed by atoms with Crippen molar-refractivity contribution in [1.29, 1.82) is 0 Å². The van der Waals surface area contributed by atoms with E-state index in [1.807, 2.05) is 78.9 Å². The Bertz CT molecular complexity index is 977. The van der Waals surface area contributed by atoms with Crippen LogP contribution in [0.1, 0.15) is 29.2 Å². The molecule has 0 saturated carbocycles. The van der Waals surface area contributed by atoms with Crippen LogP contribution in [-0.2, 0) is 17.9 Å². The topological polar surface area (TPSA) is 53.6 Å². The molecule has 0 spiro atoms. The molecule has 174 valence electrons. The zero-order valence-electron chi connectivity index (χ0n) is 19.3. The van der Waals surface area contributed by atoms with Gasteiger partial charge in [0.25, 0.3) is 0 Å². The molecule has 0 aliphatic rings. The predicted molar refractivity (Wildman–Crippen MR) is 134 cm³/mol. The van der Waals surface area contributed by atoms with Gasteiger partial charge in [-0.05, 0) is 61.5 Å². The van der Waals surface area contributed by atoms with E-state index in [1.54, 1.807) is 0 Å². The molecule has 0 heterocycles. The standard InChI is InChI=1S/C27H32ClN3O2/c1-31(2)17-6-18-33-25-15-11-22(12-16-25)19-29-26(23-7-4-3-5-8-23)27(32)30-20-21-9-13-24(28)14-10-21/h3-5,7-16,26,29H,6,17-20H2,1-2H3,(H,30,32). The van der Waals surface area contributed by atoms with Gasteiger partial charge in [-0.25, -0.2) is 0 Å². The van der Waals surface area contributed by atoms with Gasteiger partial charge >= 0.3 is 0 Å². The Morgan fingerprint density at radius 3 is 2.21 bits per heavy atom. The van der Waals surface area contributed by atoms with Crippen LogP contribution in [0.15, 0.2) is 78.9 Å². The lowest BCUT2D eigenvalue weighted by Crippen LogP contribution is -2.37. The molecule has 0 fully saturated rings. The van der Waals surface area contributed by atoms with Crippen molar-refractivity contribution in [2.24, 2.45) is 0 Å². The smallest absolute Gasteiger partial charge is 0.242 e. The molecule has 2 N–H and O–H groups in total. The lowest BCUT2D eigenvalue weighted by Gasteiger charge is -2.19. The molecule has 5 nitrogen and oxygen atoms in total. The zero-order chi connectivity index (χ0) is 23.5. The molecule has 33 heavy (non-hydrogen) atoms. The summed E-state index contributed by atoms with van der Waals surface area (Å²) >= 11 is 5.95. The summed E-state index contributed by atoms with van der Waals surface area (Å²) in [4.78, 5) is 15.2. The SMILES string of the molecule is CN(C)CCCOc1ccc(CNC(C(=O)NCc2ccc(Cl)cc2)c2ccccc2)cc1. The average molecular weight is 466 g/mol. The van der Waals surface area contributed by atoms with Gasteiger partial charge in [0, 0.05) is 24.7 Å². The molecule has 1 amide bonds. The second-order valence-corrected chi connectivity index (χ2v) is 8.65. The lowest BCUT2D eigenvalue weighted by atomic mass is 10.1. The van der Waals surface area contributed by atoms with E-state index in [9.17, 15) is 4.79 Å². The van der Waals surface area contributed by atoms with Crippen LogP contribution in [0.5, 0.6) is 5.75 Å².